The van der Waals surface area contributed by atoms with E-state index in [9.17, 15) is 15.3 Å². The fourth-order valence-electron chi connectivity index (χ4n) is 0. The van der Waals surface area contributed by atoms with Crippen LogP contribution in [-0.2, 0) is 0 Å². The minimum Gasteiger partial charge on any atom is -0.854 e. The Balaban J connectivity index is -0.0000000450. The third kappa shape index (κ3) is 112. The fourth-order valence-corrected chi connectivity index (χ4v) is 0. The van der Waals surface area contributed by atoms with Crippen molar-refractivity contribution in [3.63, 3.8) is 0 Å². The van der Waals surface area contributed by atoms with E-state index in [4.69, 9.17) is 0 Å². The van der Waals surface area contributed by atoms with E-state index < -0.39 is 0 Å². The van der Waals surface area contributed by atoms with Gasteiger partial charge in [0.15, 0.2) is 0 Å². The number of rotatable bonds is 3. The molecule has 78 valence electrons. The summed E-state index contributed by atoms with van der Waals surface area (Å²) in [7, 11) is 0. The molecule has 0 heterocycles. The molecule has 0 bridgehead atoms. The van der Waals surface area contributed by atoms with Gasteiger partial charge in [-0.2, -0.15) is 0 Å². The Hall–Kier alpha value is 0.516. The first kappa shape index (κ1) is 23.4. The Kier molecular flexibility index (Phi) is 70.3. The van der Waals surface area contributed by atoms with Gasteiger partial charge in [-0.3, -0.25) is 0 Å². The van der Waals surface area contributed by atoms with Crippen LogP contribution >= 0.6 is 0 Å². The Morgan fingerprint density at radius 1 is 0.615 bits per heavy atom. The van der Waals surface area contributed by atoms with E-state index in [0.717, 1.165) is 19.3 Å². The quantitative estimate of drug-likeness (QED) is 0.593. The topological polar surface area (TPSA) is 69.2 Å². The predicted molar refractivity (Wildman–Crippen MR) is 51.2 cm³/mol. The Labute approximate surface area is 95.2 Å². The van der Waals surface area contributed by atoms with Gasteiger partial charge < -0.3 is 15.3 Å². The maximum atomic E-state index is 9.30. The number of hydrogen-bond donors (Lipinski definition) is 0. The zero-order chi connectivity index (χ0) is 10.2. The molecule has 0 unspecified atom stereocenters. The van der Waals surface area contributed by atoms with Crippen molar-refractivity contribution in [1.82, 2.24) is 0 Å². The average Bonchev–Trinajstić information content (AvgIpc) is 2.18. The molecule has 0 aromatic heterocycles. The zero-order valence-corrected chi connectivity index (χ0v) is 11.5. The Morgan fingerprint density at radius 3 is 0.692 bits per heavy atom. The van der Waals surface area contributed by atoms with Crippen LogP contribution in [0.2, 0.25) is 0 Å². The summed E-state index contributed by atoms with van der Waals surface area (Å²) in [6.45, 7) is 5.81. The minimum absolute atomic E-state index is 0. The molecule has 13 heavy (non-hydrogen) atoms. The van der Waals surface area contributed by atoms with Crippen molar-refractivity contribution >= 4 is 19.8 Å². The third-order valence-electron chi connectivity index (χ3n) is 0.612. The molecule has 0 rings (SSSR count). The molecule has 0 fully saturated rings. The molecule has 0 radical (unpaired) electrons. The van der Waals surface area contributed by atoms with Crippen LogP contribution in [0.25, 0.3) is 0 Å². The molecule has 0 saturated carbocycles. The molecular weight excluding hydrogens is 226 g/mol. The van der Waals surface area contributed by atoms with E-state index in [1.165, 1.54) is 0 Å². The van der Waals surface area contributed by atoms with Crippen LogP contribution in [0, 0.1) is 0 Å². The molecule has 0 aliphatic heterocycles. The summed E-state index contributed by atoms with van der Waals surface area (Å²) in [5.74, 6) is 0. The van der Waals surface area contributed by atoms with Crippen molar-refractivity contribution in [3.05, 3.63) is 0 Å². The predicted octanol–water partition coefficient (Wildman–Crippen LogP) is -1.11. The van der Waals surface area contributed by atoms with Crippen molar-refractivity contribution < 1.29 is 15.3 Å². The van der Waals surface area contributed by atoms with Crippen LogP contribution in [0.15, 0.2) is 0 Å². The van der Waals surface area contributed by atoms with Crippen LogP contribution < -0.4 is 15.3 Å². The first-order valence-corrected chi connectivity index (χ1v) is 4.49. The van der Waals surface area contributed by atoms with Gasteiger partial charge in [0.2, 0.25) is 0 Å². The van der Waals surface area contributed by atoms with Gasteiger partial charge in [0, 0.05) is 0 Å². The normalized spacial score (nSPS) is 6.92. The van der Waals surface area contributed by atoms with E-state index in [1.54, 1.807) is 0 Å². The first-order chi connectivity index (χ1) is 5.74. The molecule has 4 heteroatoms. The van der Waals surface area contributed by atoms with Gasteiger partial charge in [0.05, 0.1) is 0 Å². The van der Waals surface area contributed by atoms with Crippen molar-refractivity contribution in [3.8, 4) is 0 Å². The van der Waals surface area contributed by atoms with E-state index in [2.05, 4.69) is 0 Å². The summed E-state index contributed by atoms with van der Waals surface area (Å²) in [4.78, 5) is 0. The van der Waals surface area contributed by atoms with Gasteiger partial charge in [-0.1, -0.05) is 40.0 Å². The van der Waals surface area contributed by atoms with Crippen molar-refractivity contribution in [2.75, 3.05) is 19.8 Å². The summed E-state index contributed by atoms with van der Waals surface area (Å²) in [6, 6.07) is 0. The van der Waals surface area contributed by atoms with Gasteiger partial charge in [-0.25, -0.2) is 0 Å². The SMILES string of the molecule is CCC[O-].CCC[O-].CCC[O-].[Ga+3]. The molecule has 0 saturated heterocycles. The largest absolute Gasteiger partial charge is 3.00 e. The molecule has 0 aromatic carbocycles. The van der Waals surface area contributed by atoms with Crippen molar-refractivity contribution in [2.24, 2.45) is 0 Å². The minimum atomic E-state index is 0. The van der Waals surface area contributed by atoms with Crippen LogP contribution in [0.1, 0.15) is 40.0 Å². The van der Waals surface area contributed by atoms with Gasteiger partial charge in [-0.05, 0) is 0 Å². The van der Waals surface area contributed by atoms with E-state index in [-0.39, 0.29) is 39.6 Å². The van der Waals surface area contributed by atoms with Crippen LogP contribution in [0.4, 0.5) is 0 Å². The molecule has 0 amide bonds. The van der Waals surface area contributed by atoms with Crippen LogP contribution in [0.3, 0.4) is 0 Å². The molecule has 0 N–H and O–H groups in total. The monoisotopic (exact) mass is 246 g/mol. The molecule has 0 aliphatic rings. The first-order valence-electron chi connectivity index (χ1n) is 4.49. The smallest absolute Gasteiger partial charge is 0.854 e. The van der Waals surface area contributed by atoms with Crippen LogP contribution in [-0.4, -0.2) is 39.6 Å². The summed E-state index contributed by atoms with van der Waals surface area (Å²) in [5, 5.41) is 27.9. The van der Waals surface area contributed by atoms with Gasteiger partial charge in [-0.15, -0.1) is 19.8 Å². The van der Waals surface area contributed by atoms with Crippen molar-refractivity contribution in [1.29, 1.82) is 0 Å². The molecule has 0 aromatic rings. The van der Waals surface area contributed by atoms with E-state index >= 15 is 0 Å². The van der Waals surface area contributed by atoms with Crippen LogP contribution in [0.5, 0.6) is 0 Å². The summed E-state index contributed by atoms with van der Waals surface area (Å²) < 4.78 is 0. The van der Waals surface area contributed by atoms with E-state index in [1.807, 2.05) is 20.8 Å². The summed E-state index contributed by atoms with van der Waals surface area (Å²) in [5.41, 5.74) is 0. The average molecular weight is 247 g/mol. The standard InChI is InChI=1S/3C3H7O.Ga/c3*1-2-3-4;/h3*2-3H2,1H3;/q3*-1;+3. The Morgan fingerprint density at radius 2 is 0.692 bits per heavy atom. The molecule has 0 atom stereocenters. The summed E-state index contributed by atoms with van der Waals surface area (Å²) >= 11 is 0. The number of hydrogen-bond acceptors (Lipinski definition) is 3. The molecular formula is C9H21GaO3. The molecule has 0 aliphatic carbocycles. The third-order valence-corrected chi connectivity index (χ3v) is 0.612. The Bertz CT molecular complexity index is 30.3. The molecule has 3 nitrogen and oxygen atoms in total. The second kappa shape index (κ2) is 39.1. The van der Waals surface area contributed by atoms with E-state index in [0.29, 0.717) is 0 Å². The molecule has 0 spiro atoms. The van der Waals surface area contributed by atoms with Crippen molar-refractivity contribution in [2.45, 2.75) is 40.0 Å². The summed E-state index contributed by atoms with van der Waals surface area (Å²) in [6.07, 6.45) is 2.29. The maximum absolute atomic E-state index is 9.30. The van der Waals surface area contributed by atoms with Gasteiger partial charge in [0.25, 0.3) is 0 Å². The van der Waals surface area contributed by atoms with Gasteiger partial charge in [0.1, 0.15) is 0 Å². The van der Waals surface area contributed by atoms with Gasteiger partial charge >= 0.3 is 19.8 Å². The second-order valence-corrected chi connectivity index (χ2v) is 2.11. The maximum Gasteiger partial charge on any atom is 3.00 e. The zero-order valence-electron chi connectivity index (χ0n) is 9.04. The second-order valence-electron chi connectivity index (χ2n) is 2.11. The fraction of sp³-hybridized carbons (Fsp3) is 1.00.